The lowest BCUT2D eigenvalue weighted by Crippen LogP contribution is -2.35. The number of halogens is 3. The van der Waals surface area contributed by atoms with Crippen LogP contribution >= 0.6 is 39.1 Å². The molecule has 0 saturated heterocycles. The van der Waals surface area contributed by atoms with E-state index in [0.29, 0.717) is 17.6 Å². The molecular weight excluding hydrogens is 449 g/mol. The smallest absolute Gasteiger partial charge is 0.246 e. The van der Waals surface area contributed by atoms with Crippen molar-refractivity contribution in [3.05, 3.63) is 26.7 Å². The number of sulfonamides is 1. The van der Waals surface area contributed by atoms with E-state index >= 15 is 0 Å². The Morgan fingerprint density at radius 2 is 1.28 bits per heavy atom. The lowest BCUT2D eigenvalue weighted by molar-refractivity contribution is 0.326. The molecule has 0 atom stereocenters. The second-order valence-electron chi connectivity index (χ2n) is 6.42. The van der Waals surface area contributed by atoms with Crippen LogP contribution in [-0.2, 0) is 10.0 Å². The number of rotatable bonds is 10. The molecule has 0 unspecified atom stereocenters. The SMILES string of the molecule is CN(C)CCCN(CCCN(C)C)S(=O)(=O)c1c(Cl)cc(Br)cc1Cl. The van der Waals surface area contributed by atoms with Gasteiger partial charge < -0.3 is 9.80 Å². The van der Waals surface area contributed by atoms with Gasteiger partial charge in [0.1, 0.15) is 4.90 Å². The van der Waals surface area contributed by atoms with E-state index in [1.807, 2.05) is 38.0 Å². The van der Waals surface area contributed by atoms with Gasteiger partial charge in [0, 0.05) is 17.6 Å². The van der Waals surface area contributed by atoms with Crippen LogP contribution < -0.4 is 0 Å². The molecule has 0 amide bonds. The van der Waals surface area contributed by atoms with Gasteiger partial charge in [-0.2, -0.15) is 4.31 Å². The van der Waals surface area contributed by atoms with E-state index < -0.39 is 10.0 Å². The van der Waals surface area contributed by atoms with Gasteiger partial charge in [-0.3, -0.25) is 0 Å². The van der Waals surface area contributed by atoms with Crippen LogP contribution in [-0.4, -0.2) is 76.9 Å². The quantitative estimate of drug-likeness (QED) is 0.519. The van der Waals surface area contributed by atoms with Crippen LogP contribution in [0.3, 0.4) is 0 Å². The maximum absolute atomic E-state index is 13.2. The predicted molar refractivity (Wildman–Crippen MR) is 109 cm³/mol. The Morgan fingerprint density at radius 1 is 0.880 bits per heavy atom. The fourth-order valence-corrected chi connectivity index (χ4v) is 5.78. The molecule has 144 valence electrons. The van der Waals surface area contributed by atoms with E-state index in [1.54, 1.807) is 12.1 Å². The highest BCUT2D eigenvalue weighted by molar-refractivity contribution is 9.10. The fourth-order valence-electron chi connectivity index (χ4n) is 2.38. The molecule has 0 radical (unpaired) electrons. The monoisotopic (exact) mass is 473 g/mol. The van der Waals surface area contributed by atoms with Crippen molar-refractivity contribution in [1.29, 1.82) is 0 Å². The molecule has 0 bridgehead atoms. The topological polar surface area (TPSA) is 43.9 Å². The maximum atomic E-state index is 13.2. The zero-order chi connectivity index (χ0) is 19.2. The first-order valence-corrected chi connectivity index (χ1v) is 11.0. The van der Waals surface area contributed by atoms with Crippen molar-refractivity contribution < 1.29 is 8.42 Å². The van der Waals surface area contributed by atoms with Crippen molar-refractivity contribution >= 4 is 49.2 Å². The molecule has 0 N–H and O–H groups in total. The molecule has 5 nitrogen and oxygen atoms in total. The summed E-state index contributed by atoms with van der Waals surface area (Å²) < 4.78 is 28.4. The predicted octanol–water partition coefficient (Wildman–Crippen LogP) is 3.65. The molecule has 0 aliphatic carbocycles. The Labute approximate surface area is 170 Å². The van der Waals surface area contributed by atoms with Gasteiger partial charge in [-0.05, 0) is 66.3 Å². The van der Waals surface area contributed by atoms with Gasteiger partial charge in [-0.25, -0.2) is 8.42 Å². The largest absolute Gasteiger partial charge is 0.309 e. The van der Waals surface area contributed by atoms with Gasteiger partial charge in [0.25, 0.3) is 0 Å². The van der Waals surface area contributed by atoms with Gasteiger partial charge in [-0.15, -0.1) is 0 Å². The van der Waals surface area contributed by atoms with Crippen molar-refractivity contribution in [2.24, 2.45) is 0 Å². The Balaban J connectivity index is 3.08. The maximum Gasteiger partial charge on any atom is 0.246 e. The summed E-state index contributed by atoms with van der Waals surface area (Å²) in [6.07, 6.45) is 1.47. The highest BCUT2D eigenvalue weighted by Gasteiger charge is 2.29. The molecule has 1 rings (SSSR count). The minimum atomic E-state index is -3.76. The summed E-state index contributed by atoms with van der Waals surface area (Å²) in [5.74, 6) is 0. The standard InChI is InChI=1S/C16H26BrCl2N3O2S/c1-20(2)7-5-9-22(10-6-8-21(3)4)25(23,24)16-14(18)11-13(17)12-15(16)19/h11-12H,5-10H2,1-4H3. The van der Waals surface area contributed by atoms with E-state index in [2.05, 4.69) is 15.9 Å². The average Bonchev–Trinajstić information content (AvgIpc) is 2.43. The van der Waals surface area contributed by atoms with Gasteiger partial charge in [0.05, 0.1) is 10.0 Å². The summed E-state index contributed by atoms with van der Waals surface area (Å²) in [4.78, 5) is 4.04. The first-order chi connectivity index (χ1) is 11.6. The fraction of sp³-hybridized carbons (Fsp3) is 0.625. The van der Waals surface area contributed by atoms with Crippen LogP contribution in [0.5, 0.6) is 0 Å². The Morgan fingerprint density at radius 3 is 1.64 bits per heavy atom. The van der Waals surface area contributed by atoms with Crippen molar-refractivity contribution in [2.45, 2.75) is 17.7 Å². The molecule has 0 aliphatic rings. The molecule has 1 aromatic carbocycles. The second kappa shape index (κ2) is 10.4. The molecule has 25 heavy (non-hydrogen) atoms. The van der Waals surface area contributed by atoms with Gasteiger partial charge in [0.2, 0.25) is 10.0 Å². The summed E-state index contributed by atoms with van der Waals surface area (Å²) >= 11 is 15.7. The van der Waals surface area contributed by atoms with Crippen LogP contribution in [0.15, 0.2) is 21.5 Å². The van der Waals surface area contributed by atoms with Gasteiger partial charge in [0.15, 0.2) is 0 Å². The average molecular weight is 475 g/mol. The third kappa shape index (κ3) is 7.33. The van der Waals surface area contributed by atoms with E-state index in [4.69, 9.17) is 23.2 Å². The molecule has 9 heteroatoms. The minimum Gasteiger partial charge on any atom is -0.309 e. The van der Waals surface area contributed by atoms with Gasteiger partial charge in [-0.1, -0.05) is 39.1 Å². The molecule has 1 aromatic rings. The van der Waals surface area contributed by atoms with Crippen molar-refractivity contribution in [3.63, 3.8) is 0 Å². The summed E-state index contributed by atoms with van der Waals surface area (Å²) in [7, 11) is 4.10. The van der Waals surface area contributed by atoms with E-state index in [-0.39, 0.29) is 14.9 Å². The summed E-state index contributed by atoms with van der Waals surface area (Å²) in [5.41, 5.74) is 0. The summed E-state index contributed by atoms with van der Waals surface area (Å²) in [5, 5.41) is 0.259. The number of benzene rings is 1. The lowest BCUT2D eigenvalue weighted by Gasteiger charge is -2.25. The minimum absolute atomic E-state index is 0.0197. The molecule has 0 aliphatic heterocycles. The zero-order valence-corrected chi connectivity index (χ0v) is 19.0. The second-order valence-corrected chi connectivity index (χ2v) is 10.0. The Bertz CT molecular complexity index is 632. The molecule has 0 spiro atoms. The molecule has 0 heterocycles. The first kappa shape index (κ1) is 23.1. The molecule has 0 fully saturated rings. The summed E-state index contributed by atoms with van der Waals surface area (Å²) in [6.45, 7) is 2.47. The Kier molecular flexibility index (Phi) is 9.67. The number of nitrogens with zero attached hydrogens (tertiary/aromatic N) is 3. The van der Waals surface area contributed by atoms with Crippen molar-refractivity contribution in [1.82, 2.24) is 14.1 Å². The molecule has 0 saturated carbocycles. The summed E-state index contributed by atoms with van der Waals surface area (Å²) in [6, 6.07) is 3.11. The van der Waals surface area contributed by atoms with E-state index in [0.717, 1.165) is 25.9 Å². The third-order valence-corrected chi connectivity index (χ3v) is 6.87. The number of hydrogen-bond acceptors (Lipinski definition) is 4. The van der Waals surface area contributed by atoms with Gasteiger partial charge >= 0.3 is 0 Å². The molecule has 0 aromatic heterocycles. The van der Waals surface area contributed by atoms with E-state index in [9.17, 15) is 8.42 Å². The zero-order valence-electron chi connectivity index (χ0n) is 15.1. The van der Waals surface area contributed by atoms with Crippen LogP contribution in [0.2, 0.25) is 10.0 Å². The van der Waals surface area contributed by atoms with Crippen molar-refractivity contribution in [3.8, 4) is 0 Å². The Hall–Kier alpha value is 0.110. The van der Waals surface area contributed by atoms with E-state index in [1.165, 1.54) is 4.31 Å². The number of hydrogen-bond donors (Lipinski definition) is 0. The van der Waals surface area contributed by atoms with Crippen LogP contribution in [0, 0.1) is 0 Å². The first-order valence-electron chi connectivity index (χ1n) is 8.00. The van der Waals surface area contributed by atoms with Crippen LogP contribution in [0.1, 0.15) is 12.8 Å². The van der Waals surface area contributed by atoms with Crippen LogP contribution in [0.4, 0.5) is 0 Å². The highest BCUT2D eigenvalue weighted by atomic mass is 79.9. The normalized spacial score (nSPS) is 12.6. The third-order valence-electron chi connectivity index (χ3n) is 3.59. The molecular formula is C16H26BrCl2N3O2S. The van der Waals surface area contributed by atoms with Crippen molar-refractivity contribution in [2.75, 3.05) is 54.4 Å². The van der Waals surface area contributed by atoms with Crippen LogP contribution in [0.25, 0.3) is 0 Å². The lowest BCUT2D eigenvalue weighted by atomic mass is 10.3. The highest BCUT2D eigenvalue weighted by Crippen LogP contribution is 2.34.